The number of aliphatic carboxylic acids is 1. The molecule has 0 saturated carbocycles. The highest BCUT2D eigenvalue weighted by atomic mass is 16.5. The van der Waals surface area contributed by atoms with E-state index in [0.29, 0.717) is 11.7 Å². The zero-order chi connectivity index (χ0) is 12.8. The summed E-state index contributed by atoms with van der Waals surface area (Å²) in [5.74, 6) is -0.933. The third-order valence-corrected chi connectivity index (χ3v) is 1.91. The molecular formula is C9H13N3O5. The fourth-order valence-electron chi connectivity index (χ4n) is 1.05. The molecule has 0 saturated heterocycles. The summed E-state index contributed by atoms with van der Waals surface area (Å²) in [6, 6.07) is 0. The summed E-state index contributed by atoms with van der Waals surface area (Å²) in [7, 11) is 0. The number of carboxylic acid groups (broad SMARTS) is 1. The molecule has 1 aromatic heterocycles. The predicted octanol–water partition coefficient (Wildman–Crippen LogP) is -1.13. The molecule has 0 aliphatic heterocycles. The molecule has 1 amide bonds. The summed E-state index contributed by atoms with van der Waals surface area (Å²) in [6.45, 7) is 1.34. The van der Waals surface area contributed by atoms with Gasteiger partial charge < -0.3 is 20.1 Å². The molecule has 0 aliphatic rings. The van der Waals surface area contributed by atoms with Crippen LogP contribution in [0.4, 0.5) is 0 Å². The van der Waals surface area contributed by atoms with E-state index in [1.807, 2.05) is 0 Å². The number of carboxylic acids is 1. The maximum Gasteiger partial charge on any atom is 0.334 e. The van der Waals surface area contributed by atoms with Gasteiger partial charge in [-0.15, -0.1) is 0 Å². The van der Waals surface area contributed by atoms with Gasteiger partial charge in [0.15, 0.2) is 11.9 Å². The van der Waals surface area contributed by atoms with Crippen molar-refractivity contribution in [3.05, 3.63) is 11.7 Å². The van der Waals surface area contributed by atoms with Crippen molar-refractivity contribution in [2.75, 3.05) is 6.54 Å². The lowest BCUT2D eigenvalue weighted by Crippen LogP contribution is -2.36. The van der Waals surface area contributed by atoms with Crippen molar-refractivity contribution >= 4 is 11.9 Å². The van der Waals surface area contributed by atoms with Crippen LogP contribution in [0.1, 0.15) is 18.1 Å². The van der Waals surface area contributed by atoms with Crippen LogP contribution < -0.4 is 5.32 Å². The number of rotatable bonds is 6. The maximum absolute atomic E-state index is 11.2. The summed E-state index contributed by atoms with van der Waals surface area (Å²) in [6.07, 6.45) is -1.23. The van der Waals surface area contributed by atoms with Crippen molar-refractivity contribution in [2.45, 2.75) is 25.9 Å². The maximum atomic E-state index is 11.2. The number of carbonyl (C=O) groups is 2. The van der Waals surface area contributed by atoms with E-state index in [1.54, 1.807) is 6.92 Å². The number of nitrogens with one attached hydrogen (secondary N) is 1. The Labute approximate surface area is 96.6 Å². The van der Waals surface area contributed by atoms with Crippen LogP contribution in [0.25, 0.3) is 0 Å². The first-order valence-electron chi connectivity index (χ1n) is 4.96. The number of nitrogens with zero attached hydrogens (tertiary/aromatic N) is 2. The van der Waals surface area contributed by atoms with Crippen LogP contribution in [0, 0.1) is 6.92 Å². The Morgan fingerprint density at radius 1 is 1.53 bits per heavy atom. The van der Waals surface area contributed by atoms with Crippen LogP contribution in [-0.2, 0) is 16.0 Å². The number of carbonyl (C=O) groups excluding carboxylic acids is 1. The van der Waals surface area contributed by atoms with E-state index in [4.69, 9.17) is 14.7 Å². The fraction of sp³-hybridized carbons (Fsp3) is 0.556. The van der Waals surface area contributed by atoms with E-state index in [9.17, 15) is 9.59 Å². The quantitative estimate of drug-likeness (QED) is 0.577. The van der Waals surface area contributed by atoms with Gasteiger partial charge in [-0.1, -0.05) is 5.16 Å². The molecule has 0 fully saturated rings. The molecule has 8 nitrogen and oxygen atoms in total. The third-order valence-electron chi connectivity index (χ3n) is 1.91. The molecule has 0 bridgehead atoms. The summed E-state index contributed by atoms with van der Waals surface area (Å²) in [5, 5.41) is 23.1. The van der Waals surface area contributed by atoms with Gasteiger partial charge in [0.05, 0.1) is 6.54 Å². The molecule has 1 atom stereocenters. The van der Waals surface area contributed by atoms with E-state index >= 15 is 0 Å². The standard InChI is InChI=1S/C9H13N3O5/c1-5-11-8(17-12-5)3-2-7(14)10-4-6(13)9(15)16/h6,13H,2-4H2,1H3,(H,10,14)(H,15,16). The highest BCUT2D eigenvalue weighted by molar-refractivity contribution is 5.78. The molecule has 17 heavy (non-hydrogen) atoms. The minimum absolute atomic E-state index is 0.0912. The van der Waals surface area contributed by atoms with Crippen LogP contribution in [-0.4, -0.2) is 44.9 Å². The van der Waals surface area contributed by atoms with Gasteiger partial charge in [-0.3, -0.25) is 4.79 Å². The number of aromatic nitrogens is 2. The largest absolute Gasteiger partial charge is 0.479 e. The van der Waals surface area contributed by atoms with Gasteiger partial charge in [0.25, 0.3) is 0 Å². The number of aliphatic hydroxyl groups is 1. The molecule has 94 valence electrons. The lowest BCUT2D eigenvalue weighted by Gasteiger charge is -2.06. The Balaban J connectivity index is 2.24. The lowest BCUT2D eigenvalue weighted by molar-refractivity contribution is -0.146. The smallest absolute Gasteiger partial charge is 0.334 e. The van der Waals surface area contributed by atoms with Crippen molar-refractivity contribution < 1.29 is 24.3 Å². The van der Waals surface area contributed by atoms with Crippen LogP contribution in [0.2, 0.25) is 0 Å². The molecule has 1 rings (SSSR count). The molecule has 3 N–H and O–H groups in total. The number of aliphatic hydroxyl groups excluding tert-OH is 1. The van der Waals surface area contributed by atoms with Crippen LogP contribution >= 0.6 is 0 Å². The average Bonchev–Trinajstić information content (AvgIpc) is 2.69. The minimum Gasteiger partial charge on any atom is -0.479 e. The van der Waals surface area contributed by atoms with Crippen LogP contribution in [0.3, 0.4) is 0 Å². The number of amides is 1. The third kappa shape index (κ3) is 4.60. The average molecular weight is 243 g/mol. The minimum atomic E-state index is -1.59. The molecule has 0 radical (unpaired) electrons. The van der Waals surface area contributed by atoms with Gasteiger partial charge >= 0.3 is 5.97 Å². The molecule has 8 heteroatoms. The monoisotopic (exact) mass is 243 g/mol. The molecule has 1 heterocycles. The number of aryl methyl sites for hydroxylation is 2. The van der Waals surface area contributed by atoms with E-state index in [0.717, 1.165) is 0 Å². The first-order chi connectivity index (χ1) is 7.99. The van der Waals surface area contributed by atoms with Crippen LogP contribution in [0.15, 0.2) is 4.52 Å². The zero-order valence-corrected chi connectivity index (χ0v) is 9.21. The van der Waals surface area contributed by atoms with Gasteiger partial charge in [-0.05, 0) is 6.92 Å². The van der Waals surface area contributed by atoms with Crippen molar-refractivity contribution in [3.8, 4) is 0 Å². The Hall–Kier alpha value is -1.96. The molecule has 1 aromatic rings. The fourth-order valence-corrected chi connectivity index (χ4v) is 1.05. The first kappa shape index (κ1) is 13.1. The van der Waals surface area contributed by atoms with E-state index in [1.165, 1.54) is 0 Å². The van der Waals surface area contributed by atoms with Crippen LogP contribution in [0.5, 0.6) is 0 Å². The van der Waals surface area contributed by atoms with Crippen molar-refractivity contribution in [3.63, 3.8) is 0 Å². The van der Waals surface area contributed by atoms with Crippen molar-refractivity contribution in [1.29, 1.82) is 0 Å². The number of hydrogen-bond acceptors (Lipinski definition) is 6. The van der Waals surface area contributed by atoms with E-state index in [-0.39, 0.29) is 25.3 Å². The Bertz CT molecular complexity index is 403. The van der Waals surface area contributed by atoms with Gasteiger partial charge in [0.1, 0.15) is 0 Å². The first-order valence-corrected chi connectivity index (χ1v) is 4.96. The molecular weight excluding hydrogens is 230 g/mol. The Kier molecular flexibility index (Phi) is 4.58. The van der Waals surface area contributed by atoms with Crippen molar-refractivity contribution in [2.24, 2.45) is 0 Å². The summed E-state index contributed by atoms with van der Waals surface area (Å²) in [4.78, 5) is 25.4. The molecule has 0 aromatic carbocycles. The van der Waals surface area contributed by atoms with E-state index in [2.05, 4.69) is 15.5 Å². The van der Waals surface area contributed by atoms with Gasteiger partial charge in [0.2, 0.25) is 11.8 Å². The second-order valence-electron chi connectivity index (χ2n) is 3.39. The number of hydrogen-bond donors (Lipinski definition) is 3. The highest BCUT2D eigenvalue weighted by Crippen LogP contribution is 1.99. The SMILES string of the molecule is Cc1noc(CCC(=O)NCC(O)C(=O)O)n1. The van der Waals surface area contributed by atoms with E-state index < -0.39 is 12.1 Å². The lowest BCUT2D eigenvalue weighted by atomic mass is 10.3. The van der Waals surface area contributed by atoms with Crippen molar-refractivity contribution in [1.82, 2.24) is 15.5 Å². The van der Waals surface area contributed by atoms with Gasteiger partial charge in [-0.25, -0.2) is 4.79 Å². The Morgan fingerprint density at radius 2 is 2.24 bits per heavy atom. The predicted molar refractivity (Wildman–Crippen MR) is 54.0 cm³/mol. The van der Waals surface area contributed by atoms with Gasteiger partial charge in [-0.2, -0.15) is 4.98 Å². The molecule has 0 spiro atoms. The topological polar surface area (TPSA) is 126 Å². The van der Waals surface area contributed by atoms with Gasteiger partial charge in [0, 0.05) is 12.8 Å². The molecule has 1 unspecified atom stereocenters. The highest BCUT2D eigenvalue weighted by Gasteiger charge is 2.14. The normalized spacial score (nSPS) is 12.1. The summed E-state index contributed by atoms with van der Waals surface area (Å²) in [5.41, 5.74) is 0. The second kappa shape index (κ2) is 5.94. The second-order valence-corrected chi connectivity index (χ2v) is 3.39. The summed E-state index contributed by atoms with van der Waals surface area (Å²) < 4.78 is 4.79. The molecule has 0 aliphatic carbocycles. The zero-order valence-electron chi connectivity index (χ0n) is 9.21. The Morgan fingerprint density at radius 3 is 2.76 bits per heavy atom. The summed E-state index contributed by atoms with van der Waals surface area (Å²) >= 11 is 0.